The molecule has 0 bridgehead atoms. The van der Waals surface area contributed by atoms with Crippen molar-refractivity contribution in [2.45, 2.75) is 6.42 Å². The van der Waals surface area contributed by atoms with E-state index < -0.39 is 0 Å². The van der Waals surface area contributed by atoms with Crippen LogP contribution in [0.4, 0.5) is 0 Å². The highest BCUT2D eigenvalue weighted by Gasteiger charge is 2.24. The number of aromatic nitrogens is 7. The van der Waals surface area contributed by atoms with Crippen LogP contribution in [0.15, 0.2) is 364 Å². The third-order valence-electron chi connectivity index (χ3n) is 20.8. The molecule has 1 aliphatic carbocycles. The summed E-state index contributed by atoms with van der Waals surface area (Å²) in [5.41, 5.74) is 26.0. The molecule has 1 aliphatic rings. The zero-order valence-electron chi connectivity index (χ0n) is 56.9. The van der Waals surface area contributed by atoms with E-state index in [0.29, 0.717) is 10.8 Å². The Morgan fingerprint density at radius 1 is 0.229 bits per heavy atom. The van der Waals surface area contributed by atoms with Crippen LogP contribution in [0.5, 0.6) is 0 Å². The number of hydrogen-bond donors (Lipinski definition) is 0. The third-order valence-corrected chi connectivity index (χ3v) is 21.1. The molecule has 0 fully saturated rings. The van der Waals surface area contributed by atoms with Crippen molar-refractivity contribution in [1.82, 2.24) is 33.6 Å². The molecule has 5 aromatic heterocycles. The average Bonchev–Trinajstić information content (AvgIpc) is 1.61. The van der Waals surface area contributed by atoms with Gasteiger partial charge in [-0.15, -0.1) is 0 Å². The van der Waals surface area contributed by atoms with Gasteiger partial charge in [-0.3, -0.25) is 4.57 Å². The predicted molar refractivity (Wildman–Crippen MR) is 439 cm³/mol. The average molecular weight is 1360 g/mol. The van der Waals surface area contributed by atoms with Gasteiger partial charge in [0.2, 0.25) is 0 Å². The molecule has 0 spiro atoms. The van der Waals surface area contributed by atoms with E-state index in [4.69, 9.17) is 26.6 Å². The Hall–Kier alpha value is -13.6. The van der Waals surface area contributed by atoms with Crippen molar-refractivity contribution < 1.29 is 0 Å². The molecule has 0 saturated heterocycles. The number of nitrogens with zero attached hydrogens (tertiary/aromatic N) is 7. The monoisotopic (exact) mass is 1360 g/mol. The zero-order chi connectivity index (χ0) is 69.5. The fraction of sp³-hybridized carbons (Fsp3) is 0.0103. The molecule has 16 aromatic carbocycles. The number of halogens is 1. The van der Waals surface area contributed by atoms with Crippen molar-refractivity contribution in [2.75, 3.05) is 0 Å². The van der Waals surface area contributed by atoms with Crippen LogP contribution >= 0.6 is 11.6 Å². The smallest absolute Gasteiger partial charge is 0.165 e. The maximum Gasteiger partial charge on any atom is 0.165 e. The summed E-state index contributed by atoms with van der Waals surface area (Å²) in [4.78, 5) is 20.7. The minimum Gasteiger partial charge on any atom is -0.309 e. The van der Waals surface area contributed by atoms with Crippen molar-refractivity contribution in [3.63, 3.8) is 0 Å². The van der Waals surface area contributed by atoms with E-state index in [-0.39, 0.29) is 0 Å². The van der Waals surface area contributed by atoms with Crippen LogP contribution in [0.1, 0.15) is 11.1 Å². The van der Waals surface area contributed by atoms with Gasteiger partial charge in [-0.1, -0.05) is 279 Å². The summed E-state index contributed by atoms with van der Waals surface area (Å²) in [7, 11) is 0. The minimum atomic E-state index is 0.400. The van der Waals surface area contributed by atoms with Crippen LogP contribution in [0, 0.1) is 0 Å². The summed E-state index contributed by atoms with van der Waals surface area (Å²) in [6.07, 6.45) is 1.08. The highest BCUT2D eigenvalue weighted by molar-refractivity contribution is 6.32. The summed E-state index contributed by atoms with van der Waals surface area (Å²) in [6.45, 7) is 0. The van der Waals surface area contributed by atoms with E-state index >= 15 is 0 Å². The van der Waals surface area contributed by atoms with E-state index in [2.05, 4.69) is 352 Å². The molecule has 0 atom stereocenters. The predicted octanol–water partition coefficient (Wildman–Crippen LogP) is 25.4. The maximum atomic E-state index is 6.70. The Kier molecular flexibility index (Phi) is 14.9. The lowest BCUT2D eigenvalue weighted by Crippen LogP contribution is -2.04. The molecule has 0 amide bonds. The molecular formula is C97H62ClN7. The molecule has 21 aromatic rings. The zero-order valence-corrected chi connectivity index (χ0v) is 57.6. The molecule has 0 aliphatic heterocycles. The Balaban J connectivity index is 0.000000118. The molecule has 5 heterocycles. The summed E-state index contributed by atoms with van der Waals surface area (Å²) in [5.74, 6) is 0.808. The van der Waals surface area contributed by atoms with E-state index in [9.17, 15) is 0 Å². The van der Waals surface area contributed by atoms with Gasteiger partial charge in [0, 0.05) is 54.8 Å². The van der Waals surface area contributed by atoms with Gasteiger partial charge < -0.3 is 9.13 Å². The van der Waals surface area contributed by atoms with Gasteiger partial charge in [-0.2, -0.15) is 0 Å². The first-order valence-electron chi connectivity index (χ1n) is 35.6. The topological polar surface area (TPSA) is 66.3 Å². The first-order valence-corrected chi connectivity index (χ1v) is 35.9. The van der Waals surface area contributed by atoms with E-state index in [1.807, 2.05) is 30.3 Å². The first kappa shape index (κ1) is 61.3. The molecule has 0 saturated carbocycles. The quantitative estimate of drug-likeness (QED) is 0.159. The minimum absolute atomic E-state index is 0.400. The normalized spacial score (nSPS) is 11.8. The van der Waals surface area contributed by atoms with Gasteiger partial charge in [0.25, 0.3) is 0 Å². The van der Waals surface area contributed by atoms with Crippen molar-refractivity contribution in [1.29, 1.82) is 0 Å². The van der Waals surface area contributed by atoms with Crippen molar-refractivity contribution >= 4 is 121 Å². The second-order valence-corrected chi connectivity index (χ2v) is 27.4. The van der Waals surface area contributed by atoms with Crippen LogP contribution in [0.2, 0.25) is 5.15 Å². The Labute approximate surface area is 610 Å². The van der Waals surface area contributed by atoms with Crippen molar-refractivity contribution in [3.05, 3.63) is 380 Å². The number of hydrogen-bond acceptors (Lipinski definition) is 4. The van der Waals surface area contributed by atoms with E-state index in [1.54, 1.807) is 0 Å². The summed E-state index contributed by atoms with van der Waals surface area (Å²) in [6, 6.07) is 129. The number of para-hydroxylation sites is 5. The Bertz CT molecular complexity index is 7000. The SMILES string of the molecule is Clc1nc2ccc(-c3ccccc3)cc2nc1-c1ccc2c3ccccc3n(-c3ccccc3)c2c1.c1ccc(-c2ccc3nc(-n4c5ccccc5c5cc6ccccc6cc54)c(-c4ccc5c6ccccc6n(-c6ccccc6)c5c4)nc3c2)cc1.c1ccc2c(c1)Cc1cc3ccccc3cc1-2. The Morgan fingerprint density at radius 2 is 0.638 bits per heavy atom. The molecule has 7 nitrogen and oxygen atoms in total. The van der Waals surface area contributed by atoms with Crippen LogP contribution in [0.3, 0.4) is 0 Å². The number of benzene rings is 16. The second kappa shape index (κ2) is 25.5. The lowest BCUT2D eigenvalue weighted by atomic mass is 10.0. The Morgan fingerprint density at radius 3 is 1.21 bits per heavy atom. The molecule has 8 heteroatoms. The largest absolute Gasteiger partial charge is 0.309 e. The molecule has 0 unspecified atom stereocenters. The van der Waals surface area contributed by atoms with Crippen LogP contribution in [-0.2, 0) is 6.42 Å². The molecule has 22 rings (SSSR count). The third kappa shape index (κ3) is 10.7. The molecular weight excluding hydrogens is 1300 g/mol. The van der Waals surface area contributed by atoms with Crippen molar-refractivity contribution in [2.24, 2.45) is 0 Å². The van der Waals surface area contributed by atoms with Gasteiger partial charge in [0.15, 0.2) is 11.0 Å². The lowest BCUT2D eigenvalue weighted by Gasteiger charge is -2.15. The highest BCUT2D eigenvalue weighted by Crippen LogP contribution is 2.43. The highest BCUT2D eigenvalue weighted by atomic mass is 35.5. The first-order chi connectivity index (χ1) is 52.0. The summed E-state index contributed by atoms with van der Waals surface area (Å²) >= 11 is 6.70. The molecule has 0 radical (unpaired) electrons. The van der Waals surface area contributed by atoms with Crippen molar-refractivity contribution in [3.8, 4) is 73.1 Å². The number of fused-ring (bicyclic) bond motifs is 16. The maximum absolute atomic E-state index is 6.70. The van der Waals surface area contributed by atoms with Crippen LogP contribution in [-0.4, -0.2) is 33.6 Å². The second-order valence-electron chi connectivity index (χ2n) is 27.0. The van der Waals surface area contributed by atoms with Gasteiger partial charge >= 0.3 is 0 Å². The van der Waals surface area contributed by atoms with Gasteiger partial charge in [0.1, 0.15) is 11.4 Å². The summed E-state index contributed by atoms with van der Waals surface area (Å²) < 4.78 is 6.98. The van der Waals surface area contributed by atoms with Crippen LogP contribution in [0.25, 0.3) is 182 Å². The van der Waals surface area contributed by atoms with Crippen LogP contribution < -0.4 is 0 Å². The molecule has 0 N–H and O–H groups in total. The standard InChI is InChI=1S/C48H30N4.C32H20ClN3.C17H12/c1-3-13-31(14-4-1)34-24-26-41-42(28-34)49-47(35-23-25-39-37-19-9-11-21-43(37)51(45(39)30-35)36-17-5-2-6-18-36)48(50-41)52-44-22-12-10-20-38(44)40-27-32-15-7-8-16-33(32)29-46(40)52;33-32-31(34-28-19-22(16-18-27(28)35-32)21-9-3-1-4-10-21)23-15-17-26-25-13-7-8-14-29(25)36(30(26)20-23)24-11-5-2-6-12-24;1-2-6-13-11-17-15(9-12(13)5-1)10-14-7-3-4-8-16(14)17/h1-30H;1-20H;1-9,11H,10H2. The van der Waals surface area contributed by atoms with Gasteiger partial charge in [-0.05, 0) is 170 Å². The number of rotatable bonds is 7. The molecule has 492 valence electrons. The van der Waals surface area contributed by atoms with Gasteiger partial charge in [0.05, 0.1) is 55.2 Å². The fourth-order valence-electron chi connectivity index (χ4n) is 15.9. The fourth-order valence-corrected chi connectivity index (χ4v) is 16.1. The summed E-state index contributed by atoms with van der Waals surface area (Å²) in [5, 5.41) is 12.7. The van der Waals surface area contributed by atoms with E-state index in [0.717, 1.165) is 107 Å². The van der Waals surface area contributed by atoms with E-state index in [1.165, 1.54) is 87.1 Å². The van der Waals surface area contributed by atoms with Gasteiger partial charge in [-0.25, -0.2) is 19.9 Å². The molecule has 105 heavy (non-hydrogen) atoms. The lowest BCUT2D eigenvalue weighted by molar-refractivity contribution is 1.08.